The second kappa shape index (κ2) is 8.37. The van der Waals surface area contributed by atoms with Crippen LogP contribution in [0, 0.1) is 11.8 Å². The Hall–Kier alpha value is -1.10. The first kappa shape index (κ1) is 16.3. The minimum Gasteiger partial charge on any atom is -0.356 e. The fourth-order valence-corrected chi connectivity index (χ4v) is 3.33. The number of rotatable bonds is 7. The number of carbonyl (C=O) groups is 2. The maximum Gasteiger partial charge on any atom is 0.223 e. The fourth-order valence-electron chi connectivity index (χ4n) is 3.33. The summed E-state index contributed by atoms with van der Waals surface area (Å²) in [6.07, 6.45) is 6.94. The second-order valence-corrected chi connectivity index (χ2v) is 6.59. The van der Waals surface area contributed by atoms with Crippen molar-refractivity contribution in [2.45, 2.75) is 57.9 Å². The molecular formula is C16H29N3O2. The van der Waals surface area contributed by atoms with Crippen molar-refractivity contribution in [2.24, 2.45) is 11.8 Å². The van der Waals surface area contributed by atoms with E-state index in [2.05, 4.69) is 16.0 Å². The van der Waals surface area contributed by atoms with Gasteiger partial charge in [0, 0.05) is 24.9 Å². The molecule has 3 N–H and O–H groups in total. The highest BCUT2D eigenvalue weighted by Gasteiger charge is 2.24. The topological polar surface area (TPSA) is 70.2 Å². The Morgan fingerprint density at radius 1 is 1.24 bits per heavy atom. The van der Waals surface area contributed by atoms with Crippen molar-refractivity contribution >= 4 is 11.8 Å². The van der Waals surface area contributed by atoms with E-state index in [1.165, 1.54) is 6.42 Å². The van der Waals surface area contributed by atoms with Crippen molar-refractivity contribution in [3.05, 3.63) is 0 Å². The van der Waals surface area contributed by atoms with E-state index < -0.39 is 0 Å². The first-order valence-electron chi connectivity index (χ1n) is 8.43. The van der Waals surface area contributed by atoms with E-state index in [0.29, 0.717) is 12.3 Å². The van der Waals surface area contributed by atoms with E-state index in [9.17, 15) is 9.59 Å². The molecule has 2 aliphatic rings. The van der Waals surface area contributed by atoms with Gasteiger partial charge in [-0.25, -0.2) is 0 Å². The molecule has 2 unspecified atom stereocenters. The first-order chi connectivity index (χ1) is 10.1. The summed E-state index contributed by atoms with van der Waals surface area (Å²) in [7, 11) is 0. The zero-order valence-corrected chi connectivity index (χ0v) is 13.1. The van der Waals surface area contributed by atoms with Gasteiger partial charge < -0.3 is 16.0 Å². The normalized spacial score (nSPS) is 24.0. The van der Waals surface area contributed by atoms with Crippen LogP contribution >= 0.6 is 0 Å². The van der Waals surface area contributed by atoms with Crippen LogP contribution in [0.4, 0.5) is 0 Å². The van der Waals surface area contributed by atoms with Gasteiger partial charge in [0.2, 0.25) is 11.8 Å². The molecule has 21 heavy (non-hydrogen) atoms. The Kier molecular flexibility index (Phi) is 6.49. The summed E-state index contributed by atoms with van der Waals surface area (Å²) >= 11 is 0. The molecule has 0 aromatic rings. The Balaban J connectivity index is 1.56. The van der Waals surface area contributed by atoms with Crippen molar-refractivity contribution in [3.63, 3.8) is 0 Å². The van der Waals surface area contributed by atoms with Gasteiger partial charge in [-0.3, -0.25) is 9.59 Å². The molecule has 5 heteroatoms. The van der Waals surface area contributed by atoms with Gasteiger partial charge in [0.1, 0.15) is 0 Å². The van der Waals surface area contributed by atoms with Gasteiger partial charge in [0.05, 0.1) is 0 Å². The van der Waals surface area contributed by atoms with E-state index in [1.807, 2.05) is 6.92 Å². The Labute approximate surface area is 127 Å². The molecule has 2 atom stereocenters. The third-order valence-electron chi connectivity index (χ3n) is 4.64. The molecule has 1 aliphatic heterocycles. The summed E-state index contributed by atoms with van der Waals surface area (Å²) in [6, 6.07) is -0.0775. The molecule has 2 rings (SSSR count). The lowest BCUT2D eigenvalue weighted by molar-refractivity contribution is -0.126. The second-order valence-electron chi connectivity index (χ2n) is 6.59. The highest BCUT2D eigenvalue weighted by Crippen LogP contribution is 2.24. The standard InChI is InChI=1S/C16H29N3O2/c1-12(19-16(21)14-4-2-3-5-14)10-15(20)18-9-7-13-6-8-17-11-13/h12-14,17H,2-11H2,1H3,(H,18,20)(H,19,21). The zero-order chi connectivity index (χ0) is 15.1. The third-order valence-corrected chi connectivity index (χ3v) is 4.64. The van der Waals surface area contributed by atoms with Gasteiger partial charge in [-0.05, 0) is 51.6 Å². The van der Waals surface area contributed by atoms with Gasteiger partial charge in [0.15, 0.2) is 0 Å². The largest absolute Gasteiger partial charge is 0.356 e. The molecule has 120 valence electrons. The molecule has 1 heterocycles. The number of nitrogens with one attached hydrogen (secondary N) is 3. The minimum absolute atomic E-state index is 0.0418. The Morgan fingerprint density at radius 3 is 2.67 bits per heavy atom. The van der Waals surface area contributed by atoms with Crippen LogP contribution in [-0.2, 0) is 9.59 Å². The molecule has 1 saturated heterocycles. The highest BCUT2D eigenvalue weighted by molar-refractivity contribution is 5.81. The molecule has 2 amide bonds. The summed E-state index contributed by atoms with van der Waals surface area (Å²) in [5.74, 6) is 1.04. The Bertz CT molecular complexity index is 347. The van der Waals surface area contributed by atoms with Crippen LogP contribution in [0.3, 0.4) is 0 Å². The molecule has 0 radical (unpaired) electrons. The smallest absolute Gasteiger partial charge is 0.223 e. The third kappa shape index (κ3) is 5.65. The summed E-state index contributed by atoms with van der Waals surface area (Å²) in [5, 5.41) is 9.27. The monoisotopic (exact) mass is 295 g/mol. The number of hydrogen-bond acceptors (Lipinski definition) is 3. The van der Waals surface area contributed by atoms with E-state index in [4.69, 9.17) is 0 Å². The summed E-state index contributed by atoms with van der Waals surface area (Å²) in [5.41, 5.74) is 0. The van der Waals surface area contributed by atoms with Crippen LogP contribution in [0.15, 0.2) is 0 Å². The number of amides is 2. The molecule has 5 nitrogen and oxygen atoms in total. The predicted octanol–water partition coefficient (Wildman–Crippen LogP) is 1.19. The maximum absolute atomic E-state index is 12.0. The molecule has 0 spiro atoms. The summed E-state index contributed by atoms with van der Waals surface area (Å²) in [6.45, 7) is 4.83. The van der Waals surface area contributed by atoms with Gasteiger partial charge in [-0.2, -0.15) is 0 Å². The van der Waals surface area contributed by atoms with Gasteiger partial charge in [-0.1, -0.05) is 12.8 Å². The van der Waals surface area contributed by atoms with Crippen molar-refractivity contribution in [1.82, 2.24) is 16.0 Å². The Morgan fingerprint density at radius 2 is 2.00 bits per heavy atom. The van der Waals surface area contributed by atoms with E-state index in [0.717, 1.165) is 51.7 Å². The summed E-state index contributed by atoms with van der Waals surface area (Å²) in [4.78, 5) is 23.8. The van der Waals surface area contributed by atoms with E-state index >= 15 is 0 Å². The van der Waals surface area contributed by atoms with Gasteiger partial charge in [-0.15, -0.1) is 0 Å². The molecule has 0 aromatic heterocycles. The van der Waals surface area contributed by atoms with Gasteiger partial charge in [0.25, 0.3) is 0 Å². The lowest BCUT2D eigenvalue weighted by Crippen LogP contribution is -2.40. The molecule has 0 aromatic carbocycles. The van der Waals surface area contributed by atoms with E-state index in [-0.39, 0.29) is 23.8 Å². The van der Waals surface area contributed by atoms with Crippen LogP contribution in [0.1, 0.15) is 51.9 Å². The van der Waals surface area contributed by atoms with Crippen LogP contribution in [0.5, 0.6) is 0 Å². The maximum atomic E-state index is 12.0. The quantitative estimate of drug-likeness (QED) is 0.661. The lowest BCUT2D eigenvalue weighted by Gasteiger charge is -2.17. The molecule has 2 fully saturated rings. The van der Waals surface area contributed by atoms with Crippen LogP contribution in [0.25, 0.3) is 0 Å². The van der Waals surface area contributed by atoms with Crippen molar-refractivity contribution in [3.8, 4) is 0 Å². The van der Waals surface area contributed by atoms with Crippen molar-refractivity contribution in [1.29, 1.82) is 0 Å². The van der Waals surface area contributed by atoms with Crippen LogP contribution in [0.2, 0.25) is 0 Å². The number of carbonyl (C=O) groups excluding carboxylic acids is 2. The minimum atomic E-state index is -0.0775. The lowest BCUT2D eigenvalue weighted by atomic mass is 10.1. The average molecular weight is 295 g/mol. The first-order valence-corrected chi connectivity index (χ1v) is 8.43. The molecule has 1 aliphatic carbocycles. The van der Waals surface area contributed by atoms with Crippen molar-refractivity contribution < 1.29 is 9.59 Å². The zero-order valence-electron chi connectivity index (χ0n) is 13.1. The van der Waals surface area contributed by atoms with Crippen LogP contribution < -0.4 is 16.0 Å². The van der Waals surface area contributed by atoms with Crippen LogP contribution in [-0.4, -0.2) is 37.5 Å². The molecule has 0 bridgehead atoms. The molecule has 1 saturated carbocycles. The predicted molar refractivity (Wildman–Crippen MR) is 82.8 cm³/mol. The van der Waals surface area contributed by atoms with E-state index in [1.54, 1.807) is 0 Å². The van der Waals surface area contributed by atoms with Gasteiger partial charge >= 0.3 is 0 Å². The average Bonchev–Trinajstić information content (AvgIpc) is 3.11. The SMILES string of the molecule is CC(CC(=O)NCCC1CCNC1)NC(=O)C1CCCC1. The fraction of sp³-hybridized carbons (Fsp3) is 0.875. The van der Waals surface area contributed by atoms with Crippen molar-refractivity contribution in [2.75, 3.05) is 19.6 Å². The highest BCUT2D eigenvalue weighted by atomic mass is 16.2. The molecular weight excluding hydrogens is 266 g/mol. The summed E-state index contributed by atoms with van der Waals surface area (Å²) < 4.78 is 0. The number of hydrogen-bond donors (Lipinski definition) is 3.